The van der Waals surface area contributed by atoms with E-state index in [4.69, 9.17) is 0 Å². The van der Waals surface area contributed by atoms with Crippen molar-refractivity contribution in [1.82, 2.24) is 0 Å². The third-order valence-corrected chi connectivity index (χ3v) is 6.34. The predicted molar refractivity (Wildman–Crippen MR) is 99.0 cm³/mol. The summed E-state index contributed by atoms with van der Waals surface area (Å²) in [6.07, 6.45) is 21.2. The maximum Gasteiger partial charge on any atom is 0.0121 e. The van der Waals surface area contributed by atoms with Gasteiger partial charge in [-0.2, -0.15) is 0 Å². The number of allylic oxidation sites excluding steroid dienone is 6. The van der Waals surface area contributed by atoms with E-state index in [1.54, 1.807) is 16.7 Å². The summed E-state index contributed by atoms with van der Waals surface area (Å²) in [6.45, 7) is 9.30. The molecule has 1 fully saturated rings. The van der Waals surface area contributed by atoms with Crippen LogP contribution in [0.1, 0.15) is 91.9 Å². The second-order valence-corrected chi connectivity index (χ2v) is 7.98. The van der Waals surface area contributed by atoms with Crippen LogP contribution in [0.2, 0.25) is 0 Å². The van der Waals surface area contributed by atoms with Crippen LogP contribution in [0.4, 0.5) is 0 Å². The molecule has 0 aliphatic heterocycles. The lowest BCUT2D eigenvalue weighted by Crippen LogP contribution is -2.25. The number of hydrogen-bond donors (Lipinski definition) is 0. The molecule has 0 radical (unpaired) electrons. The third kappa shape index (κ3) is 4.61. The number of rotatable bonds is 7. The Morgan fingerprint density at radius 1 is 1.14 bits per heavy atom. The minimum atomic E-state index is 0.374. The van der Waals surface area contributed by atoms with Crippen LogP contribution in [0.3, 0.4) is 0 Å². The first kappa shape index (κ1) is 17.6. The van der Waals surface area contributed by atoms with Crippen molar-refractivity contribution in [3.8, 4) is 0 Å². The molecule has 1 atom stereocenters. The van der Waals surface area contributed by atoms with Crippen molar-refractivity contribution in [2.24, 2.45) is 11.3 Å². The lowest BCUT2D eigenvalue weighted by atomic mass is 9.66. The molecule has 0 saturated heterocycles. The van der Waals surface area contributed by atoms with E-state index in [1.165, 1.54) is 64.2 Å². The minimum absolute atomic E-state index is 0.374. The highest BCUT2D eigenvalue weighted by atomic mass is 14.4. The summed E-state index contributed by atoms with van der Waals surface area (Å²) in [5, 5.41) is 0. The highest BCUT2D eigenvalue weighted by Crippen LogP contribution is 2.46. The number of hydrogen-bond acceptors (Lipinski definition) is 0. The molecule has 0 nitrogen and oxygen atoms in total. The van der Waals surface area contributed by atoms with Gasteiger partial charge in [-0.15, -0.1) is 0 Å². The maximum absolute atomic E-state index is 2.51. The maximum atomic E-state index is 2.51. The molecule has 0 aromatic rings. The fourth-order valence-corrected chi connectivity index (χ4v) is 3.97. The fourth-order valence-electron chi connectivity index (χ4n) is 3.97. The van der Waals surface area contributed by atoms with E-state index in [1.807, 2.05) is 0 Å². The SMILES string of the molecule is CC1=CCC1(C)/C(C)=C/CC/C(C)=C/CCC1CCCCC1. The molecule has 0 heteroatoms. The van der Waals surface area contributed by atoms with Gasteiger partial charge in [-0.1, -0.05) is 74.0 Å². The zero-order chi connectivity index (χ0) is 16.0. The van der Waals surface area contributed by atoms with Crippen LogP contribution in [0.25, 0.3) is 0 Å². The van der Waals surface area contributed by atoms with Gasteiger partial charge in [0, 0.05) is 5.41 Å². The standard InChI is InChI=1S/C22H36/c1-18(11-9-15-21-13-6-5-7-14-21)10-8-12-19(2)22(4)17-16-20(22)3/h11-12,16,21H,5-10,13-15,17H2,1-4H3/b18-11+,19-12+. The zero-order valence-electron chi connectivity index (χ0n) is 15.4. The molecule has 124 valence electrons. The van der Waals surface area contributed by atoms with Gasteiger partial charge in [0.05, 0.1) is 0 Å². The quantitative estimate of drug-likeness (QED) is 0.430. The van der Waals surface area contributed by atoms with Crippen LogP contribution < -0.4 is 0 Å². The molecule has 0 N–H and O–H groups in total. The Hall–Kier alpha value is -0.780. The van der Waals surface area contributed by atoms with Crippen molar-refractivity contribution in [2.75, 3.05) is 0 Å². The molecule has 0 amide bonds. The average Bonchev–Trinajstić information content (AvgIpc) is 2.53. The Morgan fingerprint density at radius 2 is 1.86 bits per heavy atom. The van der Waals surface area contributed by atoms with E-state index >= 15 is 0 Å². The van der Waals surface area contributed by atoms with E-state index in [0.717, 1.165) is 5.92 Å². The first-order chi connectivity index (χ1) is 10.5. The van der Waals surface area contributed by atoms with Crippen molar-refractivity contribution in [3.05, 3.63) is 34.9 Å². The summed E-state index contributed by atoms with van der Waals surface area (Å²) in [4.78, 5) is 0. The highest BCUT2D eigenvalue weighted by molar-refractivity contribution is 5.34. The van der Waals surface area contributed by atoms with E-state index in [2.05, 4.69) is 45.9 Å². The normalized spacial score (nSPS) is 27.5. The summed E-state index contributed by atoms with van der Waals surface area (Å²) in [7, 11) is 0. The largest absolute Gasteiger partial charge is 0.0856 e. The molecule has 2 aliphatic carbocycles. The summed E-state index contributed by atoms with van der Waals surface area (Å²) in [6, 6.07) is 0. The van der Waals surface area contributed by atoms with Crippen molar-refractivity contribution in [3.63, 3.8) is 0 Å². The molecule has 0 heterocycles. The van der Waals surface area contributed by atoms with Gasteiger partial charge in [-0.25, -0.2) is 0 Å². The van der Waals surface area contributed by atoms with Crippen LogP contribution in [0.5, 0.6) is 0 Å². The molecular weight excluding hydrogens is 264 g/mol. The van der Waals surface area contributed by atoms with Gasteiger partial charge in [0.1, 0.15) is 0 Å². The highest BCUT2D eigenvalue weighted by Gasteiger charge is 2.33. The first-order valence-electron chi connectivity index (χ1n) is 9.52. The Kier molecular flexibility index (Phi) is 6.53. The van der Waals surface area contributed by atoms with E-state index in [-0.39, 0.29) is 0 Å². The Morgan fingerprint density at radius 3 is 2.45 bits per heavy atom. The van der Waals surface area contributed by atoms with Crippen LogP contribution in [-0.4, -0.2) is 0 Å². The predicted octanol–water partition coefficient (Wildman–Crippen LogP) is 7.38. The fraction of sp³-hybridized carbons (Fsp3) is 0.727. The van der Waals surface area contributed by atoms with Gasteiger partial charge in [-0.05, 0) is 58.8 Å². The molecule has 1 saturated carbocycles. The molecular formula is C22H36. The second kappa shape index (κ2) is 8.18. The Labute approximate surface area is 138 Å². The van der Waals surface area contributed by atoms with Gasteiger partial charge in [0.2, 0.25) is 0 Å². The topological polar surface area (TPSA) is 0 Å². The molecule has 22 heavy (non-hydrogen) atoms. The lowest BCUT2D eigenvalue weighted by Gasteiger charge is -2.38. The molecule has 2 rings (SSSR count). The molecule has 0 spiro atoms. The van der Waals surface area contributed by atoms with E-state index in [9.17, 15) is 0 Å². The lowest BCUT2D eigenvalue weighted by molar-refractivity contribution is 0.341. The molecule has 2 aliphatic rings. The van der Waals surface area contributed by atoms with Gasteiger partial charge in [-0.3, -0.25) is 0 Å². The Balaban J connectivity index is 1.67. The average molecular weight is 301 g/mol. The summed E-state index contributed by atoms with van der Waals surface area (Å²) < 4.78 is 0. The van der Waals surface area contributed by atoms with Gasteiger partial charge in [0.25, 0.3) is 0 Å². The zero-order valence-corrected chi connectivity index (χ0v) is 15.4. The molecule has 0 aromatic carbocycles. The van der Waals surface area contributed by atoms with Gasteiger partial charge in [0.15, 0.2) is 0 Å². The molecule has 0 bridgehead atoms. The van der Waals surface area contributed by atoms with Crippen LogP contribution in [-0.2, 0) is 0 Å². The minimum Gasteiger partial charge on any atom is -0.0856 e. The van der Waals surface area contributed by atoms with Crippen LogP contribution in [0, 0.1) is 11.3 Å². The first-order valence-corrected chi connectivity index (χ1v) is 9.52. The van der Waals surface area contributed by atoms with Gasteiger partial charge < -0.3 is 0 Å². The van der Waals surface area contributed by atoms with Crippen molar-refractivity contribution >= 4 is 0 Å². The molecule has 1 unspecified atom stereocenters. The second-order valence-electron chi connectivity index (χ2n) is 7.98. The van der Waals surface area contributed by atoms with E-state index in [0.29, 0.717) is 5.41 Å². The summed E-state index contributed by atoms with van der Waals surface area (Å²) in [5.41, 5.74) is 5.09. The summed E-state index contributed by atoms with van der Waals surface area (Å²) in [5.74, 6) is 1.02. The third-order valence-electron chi connectivity index (χ3n) is 6.34. The molecule has 0 aromatic heterocycles. The van der Waals surface area contributed by atoms with Crippen molar-refractivity contribution in [2.45, 2.75) is 91.9 Å². The Bertz CT molecular complexity index is 443. The van der Waals surface area contributed by atoms with E-state index < -0.39 is 0 Å². The van der Waals surface area contributed by atoms with Crippen LogP contribution >= 0.6 is 0 Å². The van der Waals surface area contributed by atoms with Gasteiger partial charge >= 0.3 is 0 Å². The summed E-state index contributed by atoms with van der Waals surface area (Å²) >= 11 is 0. The van der Waals surface area contributed by atoms with Crippen LogP contribution in [0.15, 0.2) is 34.9 Å². The smallest absolute Gasteiger partial charge is 0.0121 e. The van der Waals surface area contributed by atoms with Crippen molar-refractivity contribution < 1.29 is 0 Å². The monoisotopic (exact) mass is 300 g/mol. The van der Waals surface area contributed by atoms with Crippen molar-refractivity contribution in [1.29, 1.82) is 0 Å².